The summed E-state index contributed by atoms with van der Waals surface area (Å²) in [4.78, 5) is 6.17. The van der Waals surface area contributed by atoms with Crippen LogP contribution in [0.25, 0.3) is 0 Å². The van der Waals surface area contributed by atoms with Gasteiger partial charge in [-0.2, -0.15) is 0 Å². The molecule has 1 aliphatic heterocycles. The molecule has 0 N–H and O–H groups in total. The summed E-state index contributed by atoms with van der Waals surface area (Å²) < 4.78 is 10.8. The van der Waals surface area contributed by atoms with Crippen LogP contribution in [-0.2, 0) is 4.74 Å². The van der Waals surface area contributed by atoms with Crippen LogP contribution in [-0.4, -0.2) is 24.5 Å². The lowest BCUT2D eigenvalue weighted by molar-refractivity contribution is -0.129. The van der Waals surface area contributed by atoms with Gasteiger partial charge in [0.15, 0.2) is 12.5 Å². The third kappa shape index (κ3) is 3.05. The molecule has 0 radical (unpaired) electrons. The fourth-order valence-electron chi connectivity index (χ4n) is 2.86. The third-order valence-corrected chi connectivity index (χ3v) is 3.84. The average Bonchev–Trinajstić information content (AvgIpc) is 2.94. The van der Waals surface area contributed by atoms with Gasteiger partial charge in [0.1, 0.15) is 11.8 Å². The molecule has 1 unspecified atom stereocenters. The largest absolute Gasteiger partial charge is 0.467 e. The molecule has 0 aromatic heterocycles. The van der Waals surface area contributed by atoms with E-state index in [1.807, 2.05) is 41.5 Å². The standard InChI is InChI=1S/C19H23NO3/c1-19(2,3)20-18(14-9-6-5-7-10-14)17-15(22-13-21-4)11-8-12-16(17)23-20/h5-12,18H,13H2,1-4H3. The molecule has 0 amide bonds. The van der Waals surface area contributed by atoms with E-state index in [1.54, 1.807) is 7.11 Å². The van der Waals surface area contributed by atoms with E-state index in [4.69, 9.17) is 14.3 Å². The number of hydroxylamine groups is 2. The summed E-state index contributed by atoms with van der Waals surface area (Å²) in [6.45, 7) is 6.65. The van der Waals surface area contributed by atoms with Crippen LogP contribution in [0.4, 0.5) is 0 Å². The second kappa shape index (κ2) is 6.22. The number of benzene rings is 2. The third-order valence-electron chi connectivity index (χ3n) is 3.84. The van der Waals surface area contributed by atoms with Crippen molar-refractivity contribution in [1.29, 1.82) is 0 Å². The smallest absolute Gasteiger partial charge is 0.188 e. The van der Waals surface area contributed by atoms with Crippen molar-refractivity contribution in [2.45, 2.75) is 32.4 Å². The maximum atomic E-state index is 6.17. The maximum Gasteiger partial charge on any atom is 0.188 e. The van der Waals surface area contributed by atoms with Crippen molar-refractivity contribution in [3.8, 4) is 11.5 Å². The van der Waals surface area contributed by atoms with Crippen LogP contribution in [0.5, 0.6) is 11.5 Å². The van der Waals surface area contributed by atoms with Gasteiger partial charge in [0.2, 0.25) is 0 Å². The van der Waals surface area contributed by atoms with E-state index >= 15 is 0 Å². The fourth-order valence-corrected chi connectivity index (χ4v) is 2.86. The van der Waals surface area contributed by atoms with E-state index in [-0.39, 0.29) is 18.4 Å². The molecule has 0 aliphatic carbocycles. The van der Waals surface area contributed by atoms with Crippen molar-refractivity contribution in [2.24, 2.45) is 0 Å². The molecular weight excluding hydrogens is 290 g/mol. The van der Waals surface area contributed by atoms with Gasteiger partial charge in [0.05, 0.1) is 5.56 Å². The van der Waals surface area contributed by atoms with Gasteiger partial charge in [-0.05, 0) is 38.5 Å². The van der Waals surface area contributed by atoms with Crippen molar-refractivity contribution < 1.29 is 14.3 Å². The quantitative estimate of drug-likeness (QED) is 0.793. The van der Waals surface area contributed by atoms with Gasteiger partial charge < -0.3 is 14.3 Å². The molecule has 0 bridgehead atoms. The molecule has 1 heterocycles. The molecule has 0 spiro atoms. The number of hydrogen-bond acceptors (Lipinski definition) is 4. The predicted octanol–water partition coefficient (Wildman–Crippen LogP) is 4.17. The van der Waals surface area contributed by atoms with E-state index < -0.39 is 0 Å². The Kier molecular flexibility index (Phi) is 4.28. The Morgan fingerprint density at radius 2 is 1.78 bits per heavy atom. The molecule has 3 rings (SSSR count). The molecular formula is C19H23NO3. The molecule has 23 heavy (non-hydrogen) atoms. The Morgan fingerprint density at radius 3 is 2.43 bits per heavy atom. The first-order valence-corrected chi connectivity index (χ1v) is 7.79. The Bertz CT molecular complexity index is 664. The summed E-state index contributed by atoms with van der Waals surface area (Å²) >= 11 is 0. The van der Waals surface area contributed by atoms with Crippen molar-refractivity contribution in [3.63, 3.8) is 0 Å². The molecule has 0 fully saturated rings. The normalized spacial score (nSPS) is 17.7. The molecule has 2 aromatic rings. The first-order valence-electron chi connectivity index (χ1n) is 7.79. The zero-order valence-electron chi connectivity index (χ0n) is 14.1. The summed E-state index contributed by atoms with van der Waals surface area (Å²) in [6, 6.07) is 16.2. The molecule has 1 atom stereocenters. The van der Waals surface area contributed by atoms with Crippen LogP contribution in [0.1, 0.15) is 37.9 Å². The van der Waals surface area contributed by atoms with Gasteiger partial charge in [-0.1, -0.05) is 36.4 Å². The van der Waals surface area contributed by atoms with Crippen molar-refractivity contribution in [3.05, 3.63) is 59.7 Å². The van der Waals surface area contributed by atoms with Gasteiger partial charge >= 0.3 is 0 Å². The van der Waals surface area contributed by atoms with Crippen LogP contribution in [0, 0.1) is 0 Å². The van der Waals surface area contributed by atoms with Crippen molar-refractivity contribution in [2.75, 3.05) is 13.9 Å². The minimum atomic E-state index is -0.155. The summed E-state index contributed by atoms with van der Waals surface area (Å²) in [5, 5.41) is 2.03. The number of fused-ring (bicyclic) bond motifs is 1. The van der Waals surface area contributed by atoms with Crippen LogP contribution >= 0.6 is 0 Å². The molecule has 4 heteroatoms. The second-order valence-electron chi connectivity index (χ2n) is 6.62. The van der Waals surface area contributed by atoms with Gasteiger partial charge in [-0.15, -0.1) is 5.06 Å². The zero-order chi connectivity index (χ0) is 16.4. The van der Waals surface area contributed by atoms with E-state index in [9.17, 15) is 0 Å². The maximum absolute atomic E-state index is 6.17. The molecule has 0 saturated heterocycles. The van der Waals surface area contributed by atoms with E-state index in [0.29, 0.717) is 0 Å². The summed E-state index contributed by atoms with van der Waals surface area (Å²) in [5.74, 6) is 1.63. The number of hydrogen-bond donors (Lipinski definition) is 0. The molecule has 4 nitrogen and oxygen atoms in total. The highest BCUT2D eigenvalue weighted by atomic mass is 16.7. The monoisotopic (exact) mass is 313 g/mol. The lowest BCUT2D eigenvalue weighted by Crippen LogP contribution is -2.43. The zero-order valence-corrected chi connectivity index (χ0v) is 14.1. The Labute approximate surface area is 137 Å². The molecule has 1 aliphatic rings. The van der Waals surface area contributed by atoms with E-state index in [1.165, 1.54) is 5.56 Å². The first-order chi connectivity index (χ1) is 11.0. The van der Waals surface area contributed by atoms with Crippen molar-refractivity contribution in [1.82, 2.24) is 5.06 Å². The highest BCUT2D eigenvalue weighted by molar-refractivity contribution is 5.52. The fraction of sp³-hybridized carbons (Fsp3) is 0.368. The SMILES string of the molecule is COCOc1cccc2c1C(c1ccccc1)N(C(C)(C)C)O2. The van der Waals surface area contributed by atoms with Gasteiger partial charge in [-0.3, -0.25) is 0 Å². The Hall–Kier alpha value is -2.04. The first kappa shape index (κ1) is 15.8. The van der Waals surface area contributed by atoms with Gasteiger partial charge in [0.25, 0.3) is 0 Å². The minimum Gasteiger partial charge on any atom is -0.467 e. The van der Waals surface area contributed by atoms with Gasteiger partial charge in [-0.25, -0.2) is 0 Å². The minimum absolute atomic E-state index is 0.0146. The topological polar surface area (TPSA) is 30.9 Å². The number of nitrogens with zero attached hydrogens (tertiary/aromatic N) is 1. The molecule has 122 valence electrons. The molecule has 0 saturated carbocycles. The lowest BCUT2D eigenvalue weighted by Gasteiger charge is -2.34. The lowest BCUT2D eigenvalue weighted by atomic mass is 9.94. The van der Waals surface area contributed by atoms with E-state index in [0.717, 1.165) is 17.1 Å². The second-order valence-corrected chi connectivity index (χ2v) is 6.62. The van der Waals surface area contributed by atoms with Crippen LogP contribution < -0.4 is 9.57 Å². The Morgan fingerprint density at radius 1 is 1.04 bits per heavy atom. The summed E-state index contributed by atoms with van der Waals surface area (Å²) in [6.07, 6.45) is 0. The number of rotatable bonds is 4. The van der Waals surface area contributed by atoms with E-state index in [2.05, 4.69) is 32.9 Å². The van der Waals surface area contributed by atoms with Gasteiger partial charge in [0, 0.05) is 12.6 Å². The highest BCUT2D eigenvalue weighted by Crippen LogP contribution is 2.48. The van der Waals surface area contributed by atoms with Crippen molar-refractivity contribution >= 4 is 0 Å². The number of methoxy groups -OCH3 is 1. The van der Waals surface area contributed by atoms with Crippen LogP contribution in [0.15, 0.2) is 48.5 Å². The van der Waals surface area contributed by atoms with Crippen LogP contribution in [0.2, 0.25) is 0 Å². The average molecular weight is 313 g/mol. The predicted molar refractivity (Wildman–Crippen MR) is 89.5 cm³/mol. The van der Waals surface area contributed by atoms with Crippen LogP contribution in [0.3, 0.4) is 0 Å². The number of ether oxygens (including phenoxy) is 2. The Balaban J connectivity index is 2.10. The molecule has 2 aromatic carbocycles. The summed E-state index contributed by atoms with van der Waals surface area (Å²) in [7, 11) is 1.62. The highest BCUT2D eigenvalue weighted by Gasteiger charge is 2.42. The summed E-state index contributed by atoms with van der Waals surface area (Å²) in [5.41, 5.74) is 2.07.